The number of hydrogen-bond donors (Lipinski definition) is 2. The number of aliphatic carboxylic acids is 1. The molecule has 7 nitrogen and oxygen atoms in total. The molecular formula is C13H14N2O5S. The third-order valence-corrected chi connectivity index (χ3v) is 4.11. The van der Waals surface area contributed by atoms with Crippen LogP contribution < -0.4 is 5.32 Å². The maximum atomic E-state index is 11.7. The quantitative estimate of drug-likeness (QED) is 0.450. The second-order valence-electron chi connectivity index (χ2n) is 4.76. The van der Waals surface area contributed by atoms with Crippen molar-refractivity contribution in [2.45, 2.75) is 23.8 Å². The second-order valence-corrected chi connectivity index (χ2v) is 5.81. The van der Waals surface area contributed by atoms with Crippen LogP contribution in [0.25, 0.3) is 0 Å². The summed E-state index contributed by atoms with van der Waals surface area (Å²) in [6.45, 7) is 0. The molecule has 0 heterocycles. The fraction of sp³-hybridized carbons (Fsp3) is 0.385. The molecule has 1 unspecified atom stereocenters. The van der Waals surface area contributed by atoms with Crippen LogP contribution in [-0.4, -0.2) is 33.7 Å². The first-order chi connectivity index (χ1) is 9.97. The minimum atomic E-state index is -1.01. The van der Waals surface area contributed by atoms with E-state index in [-0.39, 0.29) is 23.3 Å². The van der Waals surface area contributed by atoms with Gasteiger partial charge in [0.25, 0.3) is 5.69 Å². The van der Waals surface area contributed by atoms with Crippen LogP contribution in [0.1, 0.15) is 12.8 Å². The van der Waals surface area contributed by atoms with Gasteiger partial charge in [-0.05, 0) is 30.9 Å². The molecule has 1 atom stereocenters. The number of non-ortho nitro benzene ring substituents is 1. The summed E-state index contributed by atoms with van der Waals surface area (Å²) in [4.78, 5) is 33.5. The molecule has 2 rings (SSSR count). The third kappa shape index (κ3) is 4.45. The molecule has 0 radical (unpaired) electrons. The van der Waals surface area contributed by atoms with E-state index in [9.17, 15) is 19.7 Å². The molecule has 0 saturated heterocycles. The molecule has 0 aliphatic heterocycles. The average Bonchev–Trinajstić information content (AvgIpc) is 3.27. The first kappa shape index (κ1) is 15.3. The van der Waals surface area contributed by atoms with Gasteiger partial charge in [0.1, 0.15) is 6.04 Å². The number of rotatable bonds is 7. The van der Waals surface area contributed by atoms with Gasteiger partial charge in [0.05, 0.1) is 10.7 Å². The van der Waals surface area contributed by atoms with Gasteiger partial charge in [-0.25, -0.2) is 4.79 Å². The number of carboxylic acids is 1. The van der Waals surface area contributed by atoms with E-state index in [1.54, 1.807) is 12.1 Å². The Kier molecular flexibility index (Phi) is 4.79. The summed E-state index contributed by atoms with van der Waals surface area (Å²) in [6, 6.07) is 5.04. The number of nitro benzene ring substituents is 1. The van der Waals surface area contributed by atoms with E-state index in [1.165, 1.54) is 23.9 Å². The molecule has 1 aromatic rings. The van der Waals surface area contributed by atoms with E-state index in [1.807, 2.05) is 0 Å². The average molecular weight is 310 g/mol. The highest BCUT2D eigenvalue weighted by Crippen LogP contribution is 2.32. The summed E-state index contributed by atoms with van der Waals surface area (Å²) in [5, 5.41) is 22.0. The maximum Gasteiger partial charge on any atom is 0.326 e. The largest absolute Gasteiger partial charge is 0.480 e. The Morgan fingerprint density at radius 1 is 1.38 bits per heavy atom. The fourth-order valence-electron chi connectivity index (χ4n) is 1.84. The minimum absolute atomic E-state index is 0.0107. The van der Waals surface area contributed by atoms with Crippen LogP contribution in [0.15, 0.2) is 29.2 Å². The van der Waals surface area contributed by atoms with Crippen molar-refractivity contribution in [1.29, 1.82) is 0 Å². The highest BCUT2D eigenvalue weighted by molar-refractivity contribution is 8.00. The highest BCUT2D eigenvalue weighted by atomic mass is 32.2. The number of carboxylic acid groups (broad SMARTS) is 1. The van der Waals surface area contributed by atoms with E-state index >= 15 is 0 Å². The number of nitro groups is 1. The van der Waals surface area contributed by atoms with Crippen molar-refractivity contribution in [3.8, 4) is 0 Å². The van der Waals surface area contributed by atoms with Crippen LogP contribution in [-0.2, 0) is 9.59 Å². The molecule has 1 aliphatic rings. The number of hydrogen-bond acceptors (Lipinski definition) is 5. The van der Waals surface area contributed by atoms with Crippen LogP contribution in [0.4, 0.5) is 5.69 Å². The Bertz CT molecular complexity index is 556. The lowest BCUT2D eigenvalue weighted by atomic mass is 10.2. The molecule has 1 aromatic carbocycles. The zero-order valence-electron chi connectivity index (χ0n) is 11.0. The lowest BCUT2D eigenvalue weighted by Gasteiger charge is -2.13. The SMILES string of the molecule is O=C(CSc1ccc([N+](=O)[O-])cc1)NC(C(=O)O)C1CC1. The van der Waals surface area contributed by atoms with E-state index in [2.05, 4.69) is 5.32 Å². The van der Waals surface area contributed by atoms with E-state index < -0.39 is 16.9 Å². The van der Waals surface area contributed by atoms with Crippen LogP contribution in [0.2, 0.25) is 0 Å². The standard InChI is InChI=1S/C13H14N2O5S/c16-11(14-12(13(17)18)8-1-2-8)7-21-10-5-3-9(4-6-10)15(19)20/h3-6,8,12H,1-2,7H2,(H,14,16)(H,17,18). The van der Waals surface area contributed by atoms with Crippen molar-refractivity contribution in [3.63, 3.8) is 0 Å². The van der Waals surface area contributed by atoms with E-state index in [0.717, 1.165) is 12.8 Å². The predicted molar refractivity (Wildman–Crippen MR) is 76.1 cm³/mol. The summed E-state index contributed by atoms with van der Waals surface area (Å²) in [7, 11) is 0. The van der Waals surface area contributed by atoms with Crippen molar-refractivity contribution >= 4 is 29.3 Å². The molecule has 0 bridgehead atoms. The molecule has 1 amide bonds. The first-order valence-corrected chi connectivity index (χ1v) is 7.35. The van der Waals surface area contributed by atoms with Gasteiger partial charge in [-0.3, -0.25) is 14.9 Å². The van der Waals surface area contributed by atoms with Gasteiger partial charge in [-0.2, -0.15) is 0 Å². The molecule has 0 aromatic heterocycles. The van der Waals surface area contributed by atoms with Crippen molar-refractivity contribution in [2.75, 3.05) is 5.75 Å². The predicted octanol–water partition coefficient (Wildman–Crippen LogP) is 1.67. The molecular weight excluding hydrogens is 296 g/mol. The van der Waals surface area contributed by atoms with E-state index in [4.69, 9.17) is 5.11 Å². The fourth-order valence-corrected chi connectivity index (χ4v) is 2.55. The normalized spacial score (nSPS) is 15.2. The van der Waals surface area contributed by atoms with Gasteiger partial charge in [0.2, 0.25) is 5.91 Å². The second kappa shape index (κ2) is 6.57. The number of thioether (sulfide) groups is 1. The van der Waals surface area contributed by atoms with Crippen molar-refractivity contribution in [3.05, 3.63) is 34.4 Å². The van der Waals surface area contributed by atoms with Gasteiger partial charge < -0.3 is 10.4 Å². The van der Waals surface area contributed by atoms with Crippen LogP contribution >= 0.6 is 11.8 Å². The lowest BCUT2D eigenvalue weighted by molar-refractivity contribution is -0.384. The molecule has 2 N–H and O–H groups in total. The summed E-state index contributed by atoms with van der Waals surface area (Å²) in [5.41, 5.74) is -0.0107. The van der Waals surface area contributed by atoms with Crippen molar-refractivity contribution in [1.82, 2.24) is 5.32 Å². The van der Waals surface area contributed by atoms with E-state index in [0.29, 0.717) is 4.90 Å². The number of nitrogens with zero attached hydrogens (tertiary/aromatic N) is 1. The maximum absolute atomic E-state index is 11.7. The number of carbonyl (C=O) groups is 2. The smallest absolute Gasteiger partial charge is 0.326 e. The monoisotopic (exact) mass is 310 g/mol. The van der Waals surface area contributed by atoms with Gasteiger partial charge >= 0.3 is 5.97 Å². The Hall–Kier alpha value is -2.09. The zero-order chi connectivity index (χ0) is 15.4. The molecule has 1 aliphatic carbocycles. The highest BCUT2D eigenvalue weighted by Gasteiger charge is 2.37. The third-order valence-electron chi connectivity index (χ3n) is 3.09. The lowest BCUT2D eigenvalue weighted by Crippen LogP contribution is -2.43. The summed E-state index contributed by atoms with van der Waals surface area (Å²) < 4.78 is 0. The van der Waals surface area contributed by atoms with Gasteiger partial charge in [-0.1, -0.05) is 0 Å². The molecule has 21 heavy (non-hydrogen) atoms. The topological polar surface area (TPSA) is 110 Å². The Morgan fingerprint density at radius 3 is 2.48 bits per heavy atom. The van der Waals surface area contributed by atoms with Crippen LogP contribution in [0, 0.1) is 16.0 Å². The number of benzene rings is 1. The molecule has 1 saturated carbocycles. The zero-order valence-corrected chi connectivity index (χ0v) is 11.8. The Morgan fingerprint density at radius 2 is 2.00 bits per heavy atom. The number of amides is 1. The summed E-state index contributed by atoms with van der Waals surface area (Å²) >= 11 is 1.21. The van der Waals surface area contributed by atoms with Gasteiger partial charge in [-0.15, -0.1) is 11.8 Å². The summed E-state index contributed by atoms with van der Waals surface area (Å²) in [5.74, 6) is -1.24. The summed E-state index contributed by atoms with van der Waals surface area (Å²) in [6.07, 6.45) is 1.65. The Labute approximate surface area is 124 Å². The minimum Gasteiger partial charge on any atom is -0.480 e. The number of nitrogens with one attached hydrogen (secondary N) is 1. The first-order valence-electron chi connectivity index (χ1n) is 6.37. The van der Waals surface area contributed by atoms with Crippen LogP contribution in [0.5, 0.6) is 0 Å². The van der Waals surface area contributed by atoms with Crippen LogP contribution in [0.3, 0.4) is 0 Å². The number of carbonyl (C=O) groups excluding carboxylic acids is 1. The molecule has 112 valence electrons. The van der Waals surface area contributed by atoms with Crippen molar-refractivity contribution in [2.24, 2.45) is 5.92 Å². The molecule has 1 fully saturated rings. The molecule has 0 spiro atoms. The van der Waals surface area contributed by atoms with Crippen molar-refractivity contribution < 1.29 is 19.6 Å². The van der Waals surface area contributed by atoms with Gasteiger partial charge in [0.15, 0.2) is 0 Å². The van der Waals surface area contributed by atoms with Gasteiger partial charge in [0, 0.05) is 17.0 Å². The Balaban J connectivity index is 1.83. The molecule has 8 heteroatoms.